The van der Waals surface area contributed by atoms with E-state index >= 15 is 0 Å². The van der Waals surface area contributed by atoms with Gasteiger partial charge >= 0.3 is 5.69 Å². The summed E-state index contributed by atoms with van der Waals surface area (Å²) in [7, 11) is 0. The number of aromatic amines is 2. The summed E-state index contributed by atoms with van der Waals surface area (Å²) < 4.78 is 0. The molecule has 1 aliphatic rings. The van der Waals surface area contributed by atoms with Crippen molar-refractivity contribution in [1.29, 1.82) is 5.26 Å². The second-order valence-electron chi connectivity index (χ2n) is 6.44. The molecule has 3 heterocycles. The van der Waals surface area contributed by atoms with Crippen LogP contribution in [0, 0.1) is 16.7 Å². The van der Waals surface area contributed by atoms with Crippen LogP contribution in [0.1, 0.15) is 38.8 Å². The van der Waals surface area contributed by atoms with Gasteiger partial charge in [-0.05, 0) is 30.7 Å². The number of rotatable bonds is 4. The van der Waals surface area contributed by atoms with E-state index in [0.29, 0.717) is 11.4 Å². The summed E-state index contributed by atoms with van der Waals surface area (Å²) in [5, 5.41) is 17.3. The second-order valence-corrected chi connectivity index (χ2v) is 6.44. The molecular weight excluding hydrogens is 320 g/mol. The highest BCUT2D eigenvalue weighted by Crippen LogP contribution is 2.39. The van der Waals surface area contributed by atoms with E-state index in [1.807, 2.05) is 0 Å². The van der Waals surface area contributed by atoms with Crippen molar-refractivity contribution in [2.45, 2.75) is 33.1 Å². The lowest BCUT2D eigenvalue weighted by Gasteiger charge is -2.27. The van der Waals surface area contributed by atoms with Crippen LogP contribution in [0.25, 0.3) is 11.3 Å². The first-order valence-corrected chi connectivity index (χ1v) is 8.37. The molecule has 0 saturated carbocycles. The molecule has 2 aromatic rings. The third-order valence-corrected chi connectivity index (χ3v) is 5.25. The van der Waals surface area contributed by atoms with Gasteiger partial charge in [-0.3, -0.25) is 9.78 Å². The van der Waals surface area contributed by atoms with Crippen LogP contribution in [0.3, 0.4) is 0 Å². The average molecular weight is 340 g/mol. The van der Waals surface area contributed by atoms with Crippen LogP contribution in [-0.2, 0) is 0 Å². The van der Waals surface area contributed by atoms with Gasteiger partial charge in [-0.2, -0.15) is 5.26 Å². The fourth-order valence-electron chi connectivity index (χ4n) is 3.40. The van der Waals surface area contributed by atoms with Crippen LogP contribution < -0.4 is 16.1 Å². The number of nitrogens with zero attached hydrogens (tertiary/aromatic N) is 4. The van der Waals surface area contributed by atoms with Crippen LogP contribution in [-0.4, -0.2) is 33.3 Å². The molecule has 25 heavy (non-hydrogen) atoms. The van der Waals surface area contributed by atoms with Crippen LogP contribution in [0.15, 0.2) is 21.9 Å². The predicted molar refractivity (Wildman–Crippen MR) is 93.3 cm³/mol. The van der Waals surface area contributed by atoms with Gasteiger partial charge in [0.2, 0.25) is 0 Å². The zero-order chi connectivity index (χ0) is 18.0. The monoisotopic (exact) mass is 340 g/mol. The zero-order valence-corrected chi connectivity index (χ0v) is 14.3. The molecule has 8 heteroatoms. The van der Waals surface area contributed by atoms with Gasteiger partial charge < -0.3 is 9.88 Å². The molecule has 2 aromatic heterocycles. The molecule has 1 aliphatic heterocycles. The van der Waals surface area contributed by atoms with E-state index in [1.54, 1.807) is 6.07 Å². The summed E-state index contributed by atoms with van der Waals surface area (Å²) in [6.45, 7) is 6.06. The molecule has 0 aliphatic carbocycles. The molecule has 0 aromatic carbocycles. The van der Waals surface area contributed by atoms with E-state index in [-0.39, 0.29) is 16.7 Å². The Bertz CT molecular complexity index is 935. The summed E-state index contributed by atoms with van der Waals surface area (Å²) >= 11 is 0. The van der Waals surface area contributed by atoms with E-state index in [2.05, 4.69) is 45.0 Å². The lowest BCUT2D eigenvalue weighted by Crippen LogP contribution is -2.27. The van der Waals surface area contributed by atoms with Crippen LogP contribution in [0.2, 0.25) is 0 Å². The predicted octanol–water partition coefficient (Wildman–Crippen LogP) is 1.41. The van der Waals surface area contributed by atoms with Crippen molar-refractivity contribution in [1.82, 2.24) is 20.2 Å². The molecule has 0 amide bonds. The summed E-state index contributed by atoms with van der Waals surface area (Å²) in [6.07, 6.45) is 4.52. The SMILES string of the molecule is CCC1(CC)CCN(c2cc(-c3c[nH]c(=O)[nH]c3=O)nnc2C#N)C1. The summed E-state index contributed by atoms with van der Waals surface area (Å²) in [6, 6.07) is 3.78. The Morgan fingerprint density at radius 2 is 2.08 bits per heavy atom. The first-order chi connectivity index (χ1) is 12.0. The molecule has 0 radical (unpaired) electrons. The van der Waals surface area contributed by atoms with Crippen molar-refractivity contribution in [2.24, 2.45) is 5.41 Å². The standard InChI is InChI=1S/C17H20N6O2/c1-3-17(4-2)5-6-23(10-17)14-7-12(21-22-13(14)8-18)11-9-19-16(25)20-15(11)24/h7,9H,3-6,10H2,1-2H3,(H2,19,20,24,25). The van der Waals surface area contributed by atoms with Crippen molar-refractivity contribution in [3.63, 3.8) is 0 Å². The number of anilines is 1. The van der Waals surface area contributed by atoms with Gasteiger partial charge in [-0.1, -0.05) is 13.8 Å². The molecule has 8 nitrogen and oxygen atoms in total. The molecule has 0 atom stereocenters. The first kappa shape index (κ1) is 16.9. The molecule has 1 saturated heterocycles. The number of nitriles is 1. The molecule has 0 unspecified atom stereocenters. The summed E-state index contributed by atoms with van der Waals surface area (Å²) in [4.78, 5) is 29.9. The van der Waals surface area contributed by atoms with Crippen LogP contribution in [0.4, 0.5) is 5.69 Å². The lowest BCUT2D eigenvalue weighted by atomic mass is 9.82. The molecule has 0 spiro atoms. The van der Waals surface area contributed by atoms with Gasteiger partial charge in [0.1, 0.15) is 11.8 Å². The van der Waals surface area contributed by atoms with Crippen molar-refractivity contribution >= 4 is 5.69 Å². The highest BCUT2D eigenvalue weighted by molar-refractivity contribution is 5.66. The minimum absolute atomic E-state index is 0.217. The molecule has 2 N–H and O–H groups in total. The Morgan fingerprint density at radius 3 is 2.68 bits per heavy atom. The number of hydrogen-bond acceptors (Lipinski definition) is 6. The molecule has 3 rings (SSSR count). The van der Waals surface area contributed by atoms with Gasteiger partial charge in [0.25, 0.3) is 5.56 Å². The fraction of sp³-hybridized carbons (Fsp3) is 0.471. The normalized spacial score (nSPS) is 16.0. The van der Waals surface area contributed by atoms with Gasteiger partial charge in [0.15, 0.2) is 5.69 Å². The Morgan fingerprint density at radius 1 is 1.32 bits per heavy atom. The van der Waals surface area contributed by atoms with Crippen molar-refractivity contribution < 1.29 is 0 Å². The lowest BCUT2D eigenvalue weighted by molar-refractivity contribution is 0.301. The third-order valence-electron chi connectivity index (χ3n) is 5.25. The molecular formula is C17H20N6O2. The van der Waals surface area contributed by atoms with Gasteiger partial charge in [0, 0.05) is 19.3 Å². The van der Waals surface area contributed by atoms with Crippen molar-refractivity contribution in [3.8, 4) is 17.3 Å². The Kier molecular flexibility index (Phi) is 4.40. The summed E-state index contributed by atoms with van der Waals surface area (Å²) in [5.41, 5.74) is 0.601. The number of nitrogens with one attached hydrogen (secondary N) is 2. The Balaban J connectivity index is 2.04. The average Bonchev–Trinajstić information content (AvgIpc) is 3.06. The third kappa shape index (κ3) is 3.05. The summed E-state index contributed by atoms with van der Waals surface area (Å²) in [5.74, 6) is 0. The minimum atomic E-state index is -0.578. The molecule has 1 fully saturated rings. The smallest absolute Gasteiger partial charge is 0.325 e. The van der Waals surface area contributed by atoms with Gasteiger partial charge in [0.05, 0.1) is 11.3 Å². The maximum atomic E-state index is 12.0. The Labute approximate surface area is 144 Å². The molecule has 0 bridgehead atoms. The maximum Gasteiger partial charge on any atom is 0.325 e. The highest BCUT2D eigenvalue weighted by atomic mass is 16.2. The number of hydrogen-bond donors (Lipinski definition) is 2. The maximum absolute atomic E-state index is 12.0. The topological polar surface area (TPSA) is 119 Å². The van der Waals surface area contributed by atoms with Gasteiger partial charge in [-0.25, -0.2) is 4.79 Å². The first-order valence-electron chi connectivity index (χ1n) is 8.37. The van der Waals surface area contributed by atoms with Crippen LogP contribution in [0.5, 0.6) is 0 Å². The number of H-pyrrole nitrogens is 2. The number of aromatic nitrogens is 4. The largest absolute Gasteiger partial charge is 0.368 e. The van der Waals surface area contributed by atoms with Crippen molar-refractivity contribution in [2.75, 3.05) is 18.0 Å². The van der Waals surface area contributed by atoms with Crippen LogP contribution >= 0.6 is 0 Å². The highest BCUT2D eigenvalue weighted by Gasteiger charge is 2.36. The van der Waals surface area contributed by atoms with E-state index in [1.165, 1.54) is 6.20 Å². The van der Waals surface area contributed by atoms with E-state index < -0.39 is 11.2 Å². The second kappa shape index (κ2) is 6.51. The van der Waals surface area contributed by atoms with E-state index in [4.69, 9.17) is 0 Å². The van der Waals surface area contributed by atoms with Gasteiger partial charge in [-0.15, -0.1) is 10.2 Å². The zero-order valence-electron chi connectivity index (χ0n) is 14.3. The van der Waals surface area contributed by atoms with E-state index in [0.717, 1.165) is 32.4 Å². The van der Waals surface area contributed by atoms with Crippen molar-refractivity contribution in [3.05, 3.63) is 38.8 Å². The fourth-order valence-corrected chi connectivity index (χ4v) is 3.40. The van der Waals surface area contributed by atoms with E-state index in [9.17, 15) is 14.9 Å². The molecule has 130 valence electrons. The minimum Gasteiger partial charge on any atom is -0.368 e. The Hall–Kier alpha value is -2.95. The quantitative estimate of drug-likeness (QED) is 0.868.